The molecule has 1 saturated heterocycles. The van der Waals surface area contributed by atoms with Crippen molar-refractivity contribution >= 4 is 11.3 Å². The highest BCUT2D eigenvalue weighted by Crippen LogP contribution is 2.18. The number of nitriles is 1. The molecular formula is C9H11N3S. The molecule has 0 aromatic carbocycles. The van der Waals surface area contributed by atoms with E-state index in [-0.39, 0.29) is 6.04 Å². The molecule has 2 rings (SSSR count). The summed E-state index contributed by atoms with van der Waals surface area (Å²) >= 11 is 1.63. The van der Waals surface area contributed by atoms with E-state index >= 15 is 0 Å². The lowest BCUT2D eigenvalue weighted by Crippen LogP contribution is -2.55. The molecule has 0 unspecified atom stereocenters. The maximum absolute atomic E-state index is 8.94. The lowest BCUT2D eigenvalue weighted by molar-refractivity contribution is 0.353. The Bertz CT molecular complexity index is 297. The van der Waals surface area contributed by atoms with Crippen molar-refractivity contribution in [2.75, 3.05) is 13.1 Å². The Hall–Kier alpha value is -0.890. The van der Waals surface area contributed by atoms with Gasteiger partial charge in [-0.1, -0.05) is 6.07 Å². The smallest absolute Gasteiger partial charge is 0.130 e. The summed E-state index contributed by atoms with van der Waals surface area (Å²) in [5.74, 6) is 0. The van der Waals surface area contributed by atoms with Crippen LogP contribution in [0.5, 0.6) is 0 Å². The van der Waals surface area contributed by atoms with Gasteiger partial charge in [0.05, 0.1) is 6.07 Å². The summed E-state index contributed by atoms with van der Waals surface area (Å²) in [6.45, 7) is 1.95. The summed E-state index contributed by atoms with van der Waals surface area (Å²) < 4.78 is 0. The number of nitrogens with one attached hydrogen (secondary N) is 2. The van der Waals surface area contributed by atoms with E-state index in [0.717, 1.165) is 18.0 Å². The van der Waals surface area contributed by atoms with Crippen LogP contribution in [0.25, 0.3) is 0 Å². The van der Waals surface area contributed by atoms with Crippen LogP contribution in [0, 0.1) is 11.3 Å². The first kappa shape index (κ1) is 8.70. The van der Waals surface area contributed by atoms with Gasteiger partial charge in [-0.25, -0.2) is 0 Å². The lowest BCUT2D eigenvalue weighted by Gasteiger charge is -2.29. The molecule has 0 bridgehead atoms. The molecule has 0 amide bonds. The van der Waals surface area contributed by atoms with Gasteiger partial charge in [-0.3, -0.25) is 5.32 Å². The Balaban J connectivity index is 1.98. The Labute approximate surface area is 81.4 Å². The van der Waals surface area contributed by atoms with Gasteiger partial charge in [-0.15, -0.1) is 11.3 Å². The normalized spacial score (nSPS) is 19.0. The first-order valence-electron chi connectivity index (χ1n) is 4.30. The van der Waals surface area contributed by atoms with E-state index in [0.29, 0.717) is 6.04 Å². The minimum Gasteiger partial charge on any atom is -0.314 e. The summed E-state index contributed by atoms with van der Waals surface area (Å²) in [6, 6.07) is 6.58. The van der Waals surface area contributed by atoms with E-state index in [1.165, 1.54) is 0 Å². The van der Waals surface area contributed by atoms with Crippen LogP contribution in [0.2, 0.25) is 0 Å². The van der Waals surface area contributed by atoms with Crippen LogP contribution in [-0.4, -0.2) is 19.1 Å². The molecule has 1 aliphatic rings. The average Bonchev–Trinajstić information content (AvgIpc) is 2.55. The second-order valence-corrected chi connectivity index (χ2v) is 4.08. The molecule has 68 valence electrons. The number of rotatable bonds is 3. The Kier molecular flexibility index (Phi) is 2.60. The van der Waals surface area contributed by atoms with Crippen molar-refractivity contribution in [1.29, 1.82) is 5.26 Å². The van der Waals surface area contributed by atoms with Gasteiger partial charge < -0.3 is 5.32 Å². The zero-order chi connectivity index (χ0) is 9.10. The van der Waals surface area contributed by atoms with Crippen molar-refractivity contribution in [3.05, 3.63) is 22.4 Å². The van der Waals surface area contributed by atoms with E-state index in [4.69, 9.17) is 5.26 Å². The molecule has 1 aromatic heterocycles. The van der Waals surface area contributed by atoms with Crippen molar-refractivity contribution < 1.29 is 0 Å². The van der Waals surface area contributed by atoms with E-state index in [1.807, 2.05) is 17.5 Å². The molecule has 2 heterocycles. The standard InChI is InChI=1S/C9H11N3S/c10-4-8(9-2-1-3-13-9)12-7-5-11-6-7/h1-3,7-8,11-12H,5-6H2/t8-/m0/s1. The molecule has 3 nitrogen and oxygen atoms in total. The zero-order valence-corrected chi connectivity index (χ0v) is 7.97. The predicted molar refractivity (Wildman–Crippen MR) is 52.5 cm³/mol. The van der Waals surface area contributed by atoms with Crippen LogP contribution in [-0.2, 0) is 0 Å². The van der Waals surface area contributed by atoms with Crippen molar-refractivity contribution in [2.24, 2.45) is 0 Å². The summed E-state index contributed by atoms with van der Waals surface area (Å²) in [5, 5.41) is 17.4. The average molecular weight is 193 g/mol. The van der Waals surface area contributed by atoms with Crippen LogP contribution in [0.4, 0.5) is 0 Å². The third kappa shape index (κ3) is 1.89. The molecule has 2 N–H and O–H groups in total. The van der Waals surface area contributed by atoms with Crippen LogP contribution < -0.4 is 10.6 Å². The number of hydrogen-bond donors (Lipinski definition) is 2. The van der Waals surface area contributed by atoms with Crippen molar-refractivity contribution in [3.8, 4) is 6.07 Å². The van der Waals surface area contributed by atoms with Gasteiger partial charge >= 0.3 is 0 Å². The molecule has 1 aromatic rings. The molecular weight excluding hydrogens is 182 g/mol. The predicted octanol–water partition coefficient (Wildman–Crippen LogP) is 0.874. The summed E-state index contributed by atoms with van der Waals surface area (Å²) in [5.41, 5.74) is 0. The largest absolute Gasteiger partial charge is 0.314 e. The summed E-state index contributed by atoms with van der Waals surface area (Å²) in [4.78, 5) is 1.11. The highest BCUT2D eigenvalue weighted by atomic mass is 32.1. The minimum absolute atomic E-state index is 0.132. The number of thiophene rings is 1. The topological polar surface area (TPSA) is 47.9 Å². The first-order chi connectivity index (χ1) is 6.40. The minimum atomic E-state index is -0.132. The van der Waals surface area contributed by atoms with Gasteiger partial charge in [-0.2, -0.15) is 5.26 Å². The van der Waals surface area contributed by atoms with Crippen LogP contribution in [0.15, 0.2) is 17.5 Å². The van der Waals surface area contributed by atoms with Gasteiger partial charge in [0.25, 0.3) is 0 Å². The Morgan fingerprint density at radius 1 is 1.69 bits per heavy atom. The van der Waals surface area contributed by atoms with Crippen LogP contribution in [0.1, 0.15) is 10.9 Å². The third-order valence-electron chi connectivity index (χ3n) is 2.14. The third-order valence-corrected chi connectivity index (χ3v) is 3.08. The fourth-order valence-electron chi connectivity index (χ4n) is 1.28. The molecule has 13 heavy (non-hydrogen) atoms. The van der Waals surface area contributed by atoms with Crippen LogP contribution >= 0.6 is 11.3 Å². The van der Waals surface area contributed by atoms with Crippen molar-refractivity contribution in [1.82, 2.24) is 10.6 Å². The molecule has 0 saturated carbocycles. The molecule has 1 aliphatic heterocycles. The summed E-state index contributed by atoms with van der Waals surface area (Å²) in [6.07, 6.45) is 0. The quantitative estimate of drug-likeness (QED) is 0.749. The fraction of sp³-hybridized carbons (Fsp3) is 0.444. The van der Waals surface area contributed by atoms with Gasteiger partial charge in [0.2, 0.25) is 0 Å². The van der Waals surface area contributed by atoms with E-state index in [9.17, 15) is 0 Å². The van der Waals surface area contributed by atoms with Gasteiger partial charge in [-0.05, 0) is 11.4 Å². The first-order valence-corrected chi connectivity index (χ1v) is 5.18. The second-order valence-electron chi connectivity index (χ2n) is 3.10. The number of nitrogens with zero attached hydrogens (tertiary/aromatic N) is 1. The van der Waals surface area contributed by atoms with Crippen molar-refractivity contribution in [2.45, 2.75) is 12.1 Å². The molecule has 1 fully saturated rings. The zero-order valence-electron chi connectivity index (χ0n) is 7.16. The van der Waals surface area contributed by atoms with Gasteiger partial charge in [0.1, 0.15) is 6.04 Å². The maximum Gasteiger partial charge on any atom is 0.130 e. The van der Waals surface area contributed by atoms with Crippen LogP contribution in [0.3, 0.4) is 0 Å². The highest BCUT2D eigenvalue weighted by Gasteiger charge is 2.21. The molecule has 0 radical (unpaired) electrons. The SMILES string of the molecule is N#C[C@H](NC1CNC1)c1cccs1. The number of hydrogen-bond acceptors (Lipinski definition) is 4. The van der Waals surface area contributed by atoms with E-state index < -0.39 is 0 Å². The molecule has 0 spiro atoms. The Morgan fingerprint density at radius 2 is 2.54 bits per heavy atom. The Morgan fingerprint density at radius 3 is 3.00 bits per heavy atom. The van der Waals surface area contributed by atoms with Gasteiger partial charge in [0, 0.05) is 24.0 Å². The summed E-state index contributed by atoms with van der Waals surface area (Å²) in [7, 11) is 0. The molecule has 4 heteroatoms. The van der Waals surface area contributed by atoms with Gasteiger partial charge in [0.15, 0.2) is 0 Å². The maximum atomic E-state index is 8.94. The second kappa shape index (κ2) is 3.88. The monoisotopic (exact) mass is 193 g/mol. The van der Waals surface area contributed by atoms with E-state index in [1.54, 1.807) is 11.3 Å². The lowest BCUT2D eigenvalue weighted by atomic mass is 10.1. The highest BCUT2D eigenvalue weighted by molar-refractivity contribution is 7.10. The molecule has 1 atom stereocenters. The molecule has 0 aliphatic carbocycles. The van der Waals surface area contributed by atoms with Crippen molar-refractivity contribution in [3.63, 3.8) is 0 Å². The fourth-order valence-corrected chi connectivity index (χ4v) is 2.01. The van der Waals surface area contributed by atoms with E-state index in [2.05, 4.69) is 16.7 Å².